The Hall–Kier alpha value is -3.06. The van der Waals surface area contributed by atoms with Gasteiger partial charge in [-0.2, -0.15) is 0 Å². The minimum Gasteiger partial charge on any atom is -0.497 e. The van der Waals surface area contributed by atoms with Gasteiger partial charge in [0.2, 0.25) is 5.91 Å². The van der Waals surface area contributed by atoms with Crippen molar-refractivity contribution in [2.24, 2.45) is 0 Å². The van der Waals surface area contributed by atoms with Gasteiger partial charge in [-0.05, 0) is 29.8 Å². The Bertz CT molecular complexity index is 830. The van der Waals surface area contributed by atoms with Crippen molar-refractivity contribution in [2.75, 3.05) is 51.8 Å². The fourth-order valence-electron chi connectivity index (χ4n) is 3.31. The van der Waals surface area contributed by atoms with E-state index >= 15 is 0 Å². The third kappa shape index (κ3) is 5.71. The lowest BCUT2D eigenvalue weighted by Gasteiger charge is -2.35. The second-order valence-corrected chi connectivity index (χ2v) is 6.93. The van der Waals surface area contributed by atoms with Gasteiger partial charge in [0.1, 0.15) is 5.75 Å². The molecule has 0 unspecified atom stereocenters. The number of nitrogens with one attached hydrogen (secondary N) is 1. The first-order valence-electron chi connectivity index (χ1n) is 9.64. The van der Waals surface area contributed by atoms with E-state index in [2.05, 4.69) is 25.9 Å². The summed E-state index contributed by atoms with van der Waals surface area (Å²) in [6, 6.07) is 15.1. The number of carbonyl (C=O) groups is 2. The van der Waals surface area contributed by atoms with Gasteiger partial charge in [0, 0.05) is 44.5 Å². The molecule has 3 rings (SSSR count). The molecule has 0 bridgehead atoms. The van der Waals surface area contributed by atoms with Crippen molar-refractivity contribution in [3.8, 4) is 5.75 Å². The fourth-order valence-corrected chi connectivity index (χ4v) is 3.31. The van der Waals surface area contributed by atoms with Gasteiger partial charge in [-0.15, -0.1) is 0 Å². The summed E-state index contributed by atoms with van der Waals surface area (Å²) in [4.78, 5) is 28.2. The molecule has 154 valence electrons. The molecule has 0 saturated carbocycles. The smallest absolute Gasteiger partial charge is 0.337 e. The largest absolute Gasteiger partial charge is 0.497 e. The number of ether oxygens (including phenoxy) is 2. The Labute approximate surface area is 171 Å². The molecule has 0 atom stereocenters. The number of carbonyl (C=O) groups excluding carboxylic acids is 2. The molecule has 7 heteroatoms. The maximum atomic E-state index is 12.3. The summed E-state index contributed by atoms with van der Waals surface area (Å²) in [5, 5.41) is 2.94. The maximum Gasteiger partial charge on any atom is 0.337 e. The van der Waals surface area contributed by atoms with E-state index in [9.17, 15) is 9.59 Å². The van der Waals surface area contributed by atoms with Gasteiger partial charge >= 0.3 is 5.97 Å². The Morgan fingerprint density at radius 3 is 2.38 bits per heavy atom. The average molecular weight is 397 g/mol. The van der Waals surface area contributed by atoms with Crippen LogP contribution in [0.1, 0.15) is 15.9 Å². The number of nitrogens with zero attached hydrogens (tertiary/aromatic N) is 2. The van der Waals surface area contributed by atoms with Crippen molar-refractivity contribution >= 4 is 17.6 Å². The van der Waals surface area contributed by atoms with Gasteiger partial charge < -0.3 is 19.7 Å². The molecule has 1 amide bonds. The summed E-state index contributed by atoms with van der Waals surface area (Å²) in [5.41, 5.74) is 2.58. The number of esters is 1. The lowest BCUT2D eigenvalue weighted by Crippen LogP contribution is -2.49. The molecule has 2 aromatic carbocycles. The molecule has 29 heavy (non-hydrogen) atoms. The molecule has 1 aliphatic rings. The van der Waals surface area contributed by atoms with Crippen molar-refractivity contribution in [2.45, 2.75) is 6.54 Å². The maximum absolute atomic E-state index is 12.3. The van der Waals surface area contributed by atoms with Crippen LogP contribution in [0.4, 0.5) is 5.69 Å². The molecule has 0 aliphatic carbocycles. The zero-order valence-corrected chi connectivity index (χ0v) is 16.9. The first-order chi connectivity index (χ1) is 14.1. The number of piperazine rings is 1. The Kier molecular flexibility index (Phi) is 7.08. The number of hydrogen-bond acceptors (Lipinski definition) is 6. The van der Waals surface area contributed by atoms with Crippen LogP contribution in [0.25, 0.3) is 0 Å². The summed E-state index contributed by atoms with van der Waals surface area (Å²) in [5.74, 6) is 0.481. The molecule has 1 heterocycles. The molecule has 1 saturated heterocycles. The molecular formula is C22H27N3O4. The first kappa shape index (κ1) is 20.7. The molecule has 1 aliphatic heterocycles. The summed E-state index contributed by atoms with van der Waals surface area (Å²) in [6.07, 6.45) is 0. The number of amides is 1. The monoisotopic (exact) mass is 397 g/mol. The summed E-state index contributed by atoms with van der Waals surface area (Å²) in [6.45, 7) is 4.22. The second-order valence-electron chi connectivity index (χ2n) is 6.93. The Morgan fingerprint density at radius 1 is 1.00 bits per heavy atom. The summed E-state index contributed by atoms with van der Waals surface area (Å²) < 4.78 is 9.98. The average Bonchev–Trinajstić information content (AvgIpc) is 2.78. The minimum absolute atomic E-state index is 0.00289. The van der Waals surface area contributed by atoms with E-state index in [1.54, 1.807) is 19.2 Å². The highest BCUT2D eigenvalue weighted by atomic mass is 16.5. The summed E-state index contributed by atoms with van der Waals surface area (Å²) >= 11 is 0. The van der Waals surface area contributed by atoms with Crippen LogP contribution < -0.4 is 15.0 Å². The lowest BCUT2D eigenvalue weighted by atomic mass is 10.1. The van der Waals surface area contributed by atoms with Crippen LogP contribution in [0, 0.1) is 0 Å². The van der Waals surface area contributed by atoms with Gasteiger partial charge in [-0.1, -0.05) is 18.2 Å². The zero-order valence-electron chi connectivity index (χ0n) is 16.9. The van der Waals surface area contributed by atoms with Crippen molar-refractivity contribution < 1.29 is 19.1 Å². The van der Waals surface area contributed by atoms with Crippen molar-refractivity contribution in [1.82, 2.24) is 10.2 Å². The van der Waals surface area contributed by atoms with Crippen LogP contribution >= 0.6 is 0 Å². The number of rotatable bonds is 7. The van der Waals surface area contributed by atoms with Crippen molar-refractivity contribution in [3.05, 3.63) is 59.7 Å². The van der Waals surface area contributed by atoms with Crippen LogP contribution in [-0.4, -0.2) is 63.7 Å². The number of benzene rings is 2. The lowest BCUT2D eigenvalue weighted by molar-refractivity contribution is -0.122. The van der Waals surface area contributed by atoms with E-state index in [0.717, 1.165) is 43.2 Å². The normalized spacial score (nSPS) is 14.3. The van der Waals surface area contributed by atoms with E-state index in [1.165, 1.54) is 7.11 Å². The topological polar surface area (TPSA) is 71.1 Å². The zero-order chi connectivity index (χ0) is 20.6. The van der Waals surface area contributed by atoms with E-state index in [4.69, 9.17) is 4.74 Å². The summed E-state index contributed by atoms with van der Waals surface area (Å²) in [7, 11) is 3.02. The molecule has 1 N–H and O–H groups in total. The van der Waals surface area contributed by atoms with Crippen LogP contribution in [0.15, 0.2) is 48.5 Å². The number of hydrogen-bond donors (Lipinski definition) is 1. The van der Waals surface area contributed by atoms with Gasteiger partial charge in [0.25, 0.3) is 0 Å². The third-order valence-corrected chi connectivity index (χ3v) is 5.02. The van der Waals surface area contributed by atoms with Crippen LogP contribution in [0.2, 0.25) is 0 Å². The van der Waals surface area contributed by atoms with Gasteiger partial charge in [0.05, 0.1) is 26.3 Å². The van der Waals surface area contributed by atoms with E-state index in [1.807, 2.05) is 30.3 Å². The van der Waals surface area contributed by atoms with Gasteiger partial charge in [0.15, 0.2) is 0 Å². The van der Waals surface area contributed by atoms with Gasteiger partial charge in [-0.25, -0.2) is 4.79 Å². The highest BCUT2D eigenvalue weighted by Crippen LogP contribution is 2.22. The van der Waals surface area contributed by atoms with Crippen molar-refractivity contribution in [1.29, 1.82) is 0 Å². The molecule has 7 nitrogen and oxygen atoms in total. The van der Waals surface area contributed by atoms with Crippen LogP contribution in [-0.2, 0) is 16.1 Å². The molecular weight excluding hydrogens is 370 g/mol. The number of anilines is 1. The van der Waals surface area contributed by atoms with E-state index in [0.29, 0.717) is 18.7 Å². The highest BCUT2D eigenvalue weighted by molar-refractivity contribution is 5.89. The van der Waals surface area contributed by atoms with E-state index < -0.39 is 0 Å². The van der Waals surface area contributed by atoms with Gasteiger partial charge in [-0.3, -0.25) is 9.69 Å². The predicted molar refractivity (Wildman–Crippen MR) is 111 cm³/mol. The van der Waals surface area contributed by atoms with Crippen LogP contribution in [0.5, 0.6) is 5.75 Å². The van der Waals surface area contributed by atoms with E-state index in [-0.39, 0.29) is 11.9 Å². The Balaban J connectivity index is 1.42. The second kappa shape index (κ2) is 9.93. The molecule has 1 fully saturated rings. The van der Waals surface area contributed by atoms with Crippen LogP contribution in [0.3, 0.4) is 0 Å². The highest BCUT2D eigenvalue weighted by Gasteiger charge is 2.19. The Morgan fingerprint density at radius 2 is 1.72 bits per heavy atom. The molecule has 0 aromatic heterocycles. The number of methoxy groups -OCH3 is 2. The molecule has 0 spiro atoms. The molecule has 0 radical (unpaired) electrons. The first-order valence-corrected chi connectivity index (χ1v) is 9.64. The molecule has 2 aromatic rings. The SMILES string of the molecule is COC(=O)c1ccc(CNC(=O)CN2CCN(c3cccc(OC)c3)CC2)cc1. The predicted octanol–water partition coefficient (Wildman–Crippen LogP) is 1.92. The standard InChI is InChI=1S/C22H27N3O4/c1-28-20-5-3-4-19(14-20)25-12-10-24(11-13-25)16-21(26)23-15-17-6-8-18(9-7-17)22(27)29-2/h3-9,14H,10-13,15-16H2,1-2H3,(H,23,26). The quantitative estimate of drug-likeness (QED) is 0.720. The fraction of sp³-hybridized carbons (Fsp3) is 0.364. The minimum atomic E-state index is -0.367. The van der Waals surface area contributed by atoms with Crippen molar-refractivity contribution in [3.63, 3.8) is 0 Å². The third-order valence-electron chi connectivity index (χ3n) is 5.02.